The van der Waals surface area contributed by atoms with E-state index in [0.29, 0.717) is 15.3 Å². The predicted molar refractivity (Wildman–Crippen MR) is 114 cm³/mol. The molecule has 4 bridgehead atoms. The van der Waals surface area contributed by atoms with Gasteiger partial charge in [0.15, 0.2) is 0 Å². The molecule has 0 aliphatic heterocycles. The lowest BCUT2D eigenvalue weighted by Crippen LogP contribution is -2.56. The van der Waals surface area contributed by atoms with Gasteiger partial charge >= 0.3 is 0 Å². The van der Waals surface area contributed by atoms with Gasteiger partial charge in [-0.25, -0.2) is 13.1 Å². The Kier molecular flexibility index (Phi) is 4.53. The molecule has 0 aromatic heterocycles. The molecule has 0 spiro atoms. The normalized spacial score (nSPS) is 32.7. The summed E-state index contributed by atoms with van der Waals surface area (Å²) in [6.07, 6.45) is 8.53. The SMILES string of the molecule is CC[C@@H](NS(=O)(=O)c1ccc(Cl)c2ccccc12)C12CC3CC(CC(C3)C1)C2. The van der Waals surface area contributed by atoms with Crippen LogP contribution >= 0.6 is 11.6 Å². The maximum absolute atomic E-state index is 13.5. The monoisotopic (exact) mass is 417 g/mol. The third-order valence-electron chi connectivity index (χ3n) is 7.65. The van der Waals surface area contributed by atoms with Crippen molar-refractivity contribution in [3.8, 4) is 0 Å². The lowest BCUT2D eigenvalue weighted by atomic mass is 9.47. The minimum atomic E-state index is -3.62. The van der Waals surface area contributed by atoms with Crippen molar-refractivity contribution < 1.29 is 8.42 Å². The van der Waals surface area contributed by atoms with Crippen LogP contribution in [0.3, 0.4) is 0 Å². The Hall–Kier alpha value is -1.10. The van der Waals surface area contributed by atoms with Gasteiger partial charge in [-0.15, -0.1) is 0 Å². The number of sulfonamides is 1. The minimum Gasteiger partial charge on any atom is -0.208 e. The highest BCUT2D eigenvalue weighted by molar-refractivity contribution is 7.89. The zero-order valence-electron chi connectivity index (χ0n) is 16.3. The maximum Gasteiger partial charge on any atom is 0.241 e. The molecule has 0 saturated heterocycles. The van der Waals surface area contributed by atoms with E-state index in [2.05, 4.69) is 11.6 Å². The molecule has 4 fully saturated rings. The molecular weight excluding hydrogens is 390 g/mol. The Bertz CT molecular complexity index is 981. The second-order valence-electron chi connectivity index (χ2n) is 9.45. The highest BCUT2D eigenvalue weighted by atomic mass is 35.5. The number of halogens is 1. The van der Waals surface area contributed by atoms with Crippen LogP contribution in [0.15, 0.2) is 41.3 Å². The molecule has 4 saturated carbocycles. The molecule has 3 nitrogen and oxygen atoms in total. The minimum absolute atomic E-state index is 0.0142. The van der Waals surface area contributed by atoms with Gasteiger partial charge in [-0.3, -0.25) is 0 Å². The highest BCUT2D eigenvalue weighted by Gasteiger charge is 2.54. The van der Waals surface area contributed by atoms with E-state index in [9.17, 15) is 8.42 Å². The quantitative estimate of drug-likeness (QED) is 0.671. The van der Waals surface area contributed by atoms with Crippen molar-refractivity contribution >= 4 is 32.4 Å². The van der Waals surface area contributed by atoms with Gasteiger partial charge < -0.3 is 0 Å². The van der Waals surface area contributed by atoms with E-state index in [1.807, 2.05) is 24.3 Å². The fourth-order valence-corrected chi connectivity index (χ4v) is 8.83. The van der Waals surface area contributed by atoms with Crippen molar-refractivity contribution in [2.75, 3.05) is 0 Å². The van der Waals surface area contributed by atoms with Gasteiger partial charge in [0.25, 0.3) is 0 Å². The third kappa shape index (κ3) is 3.00. The second kappa shape index (κ2) is 6.72. The van der Waals surface area contributed by atoms with Crippen LogP contribution in [0.4, 0.5) is 0 Å². The van der Waals surface area contributed by atoms with E-state index in [1.165, 1.54) is 38.5 Å². The van der Waals surface area contributed by atoms with Gasteiger partial charge in [-0.1, -0.05) is 42.8 Å². The number of hydrogen-bond acceptors (Lipinski definition) is 2. The Balaban J connectivity index is 1.50. The number of nitrogens with one attached hydrogen (secondary N) is 1. The molecule has 5 heteroatoms. The molecule has 2 aromatic carbocycles. The molecule has 0 amide bonds. The summed E-state index contributed by atoms with van der Waals surface area (Å²) < 4.78 is 30.1. The predicted octanol–water partition coefficient (Wildman–Crippen LogP) is 5.77. The van der Waals surface area contributed by atoms with Crippen LogP contribution < -0.4 is 4.72 Å². The summed E-state index contributed by atoms with van der Waals surface area (Å²) in [6.45, 7) is 2.13. The van der Waals surface area contributed by atoms with Crippen LogP contribution in [0, 0.1) is 23.2 Å². The fraction of sp³-hybridized carbons (Fsp3) is 0.565. The molecule has 1 N–H and O–H groups in total. The van der Waals surface area contributed by atoms with E-state index in [1.54, 1.807) is 12.1 Å². The van der Waals surface area contributed by atoms with Crippen molar-refractivity contribution in [2.24, 2.45) is 23.2 Å². The summed E-state index contributed by atoms with van der Waals surface area (Å²) in [5.74, 6) is 2.42. The fourth-order valence-electron chi connectivity index (χ4n) is 6.97. The summed E-state index contributed by atoms with van der Waals surface area (Å²) in [6, 6.07) is 10.9. The number of hydrogen-bond donors (Lipinski definition) is 1. The molecule has 6 rings (SSSR count). The first-order valence-electron chi connectivity index (χ1n) is 10.6. The van der Waals surface area contributed by atoms with Gasteiger partial charge in [0.05, 0.1) is 4.90 Å². The van der Waals surface area contributed by atoms with E-state index in [-0.39, 0.29) is 11.5 Å². The lowest BCUT2D eigenvalue weighted by Gasteiger charge is -2.59. The standard InChI is InChI=1S/C23H28ClNO2S/c1-2-22(23-12-15-9-16(13-23)11-17(10-15)14-23)25-28(26,27)21-8-7-20(24)18-5-3-4-6-19(18)21/h3-8,15-17,22,25H,2,9-14H2,1H3/t15?,16?,17?,22-,23?/m1/s1. The highest BCUT2D eigenvalue weighted by Crippen LogP contribution is 2.61. The van der Waals surface area contributed by atoms with Crippen LogP contribution in [0.2, 0.25) is 5.02 Å². The molecule has 150 valence electrons. The van der Waals surface area contributed by atoms with Crippen LogP contribution in [0.25, 0.3) is 10.8 Å². The van der Waals surface area contributed by atoms with Gasteiger partial charge in [0, 0.05) is 21.8 Å². The largest absolute Gasteiger partial charge is 0.241 e. The van der Waals surface area contributed by atoms with Crippen molar-refractivity contribution in [3.05, 3.63) is 41.4 Å². The molecule has 1 atom stereocenters. The summed E-state index contributed by atoms with van der Waals surface area (Å²) in [4.78, 5) is 0.343. The summed E-state index contributed by atoms with van der Waals surface area (Å²) in [5.41, 5.74) is 0.152. The first-order valence-corrected chi connectivity index (χ1v) is 12.5. The summed E-state index contributed by atoms with van der Waals surface area (Å²) >= 11 is 6.31. The van der Waals surface area contributed by atoms with Crippen LogP contribution in [0.5, 0.6) is 0 Å². The van der Waals surface area contributed by atoms with E-state index < -0.39 is 10.0 Å². The Labute approximate surface area is 172 Å². The Morgan fingerprint density at radius 3 is 2.14 bits per heavy atom. The van der Waals surface area contributed by atoms with E-state index in [4.69, 9.17) is 11.6 Å². The zero-order chi connectivity index (χ0) is 19.5. The van der Waals surface area contributed by atoms with Crippen LogP contribution in [-0.4, -0.2) is 14.5 Å². The van der Waals surface area contributed by atoms with Crippen molar-refractivity contribution in [1.29, 1.82) is 0 Å². The average molecular weight is 418 g/mol. The van der Waals surface area contributed by atoms with Crippen LogP contribution in [-0.2, 0) is 10.0 Å². The summed E-state index contributed by atoms with van der Waals surface area (Å²) in [7, 11) is -3.62. The number of benzene rings is 2. The summed E-state index contributed by atoms with van der Waals surface area (Å²) in [5, 5.41) is 2.07. The third-order valence-corrected chi connectivity index (χ3v) is 9.51. The van der Waals surface area contributed by atoms with Crippen molar-refractivity contribution in [1.82, 2.24) is 4.72 Å². The van der Waals surface area contributed by atoms with Gasteiger partial charge in [-0.05, 0) is 80.2 Å². The molecule has 4 aliphatic rings. The van der Waals surface area contributed by atoms with Crippen molar-refractivity contribution in [3.63, 3.8) is 0 Å². The van der Waals surface area contributed by atoms with E-state index in [0.717, 1.165) is 29.6 Å². The molecule has 28 heavy (non-hydrogen) atoms. The molecule has 2 aromatic rings. The molecular formula is C23H28ClNO2S. The lowest BCUT2D eigenvalue weighted by molar-refractivity contribution is -0.0704. The van der Waals surface area contributed by atoms with Gasteiger partial charge in [0.1, 0.15) is 0 Å². The second-order valence-corrected chi connectivity index (χ2v) is 11.5. The first kappa shape index (κ1) is 18.9. The zero-order valence-corrected chi connectivity index (χ0v) is 17.9. The van der Waals surface area contributed by atoms with Gasteiger partial charge in [0.2, 0.25) is 10.0 Å². The number of fused-ring (bicyclic) bond motifs is 1. The topological polar surface area (TPSA) is 46.2 Å². The molecule has 0 heterocycles. The van der Waals surface area contributed by atoms with E-state index >= 15 is 0 Å². The average Bonchev–Trinajstić information content (AvgIpc) is 2.65. The first-order chi connectivity index (χ1) is 13.4. The van der Waals surface area contributed by atoms with Crippen LogP contribution in [0.1, 0.15) is 51.9 Å². The molecule has 4 aliphatic carbocycles. The molecule has 0 unspecified atom stereocenters. The maximum atomic E-state index is 13.5. The smallest absolute Gasteiger partial charge is 0.208 e. The van der Waals surface area contributed by atoms with Crippen molar-refractivity contribution in [2.45, 2.75) is 62.8 Å². The van der Waals surface area contributed by atoms with Gasteiger partial charge in [-0.2, -0.15) is 0 Å². The Morgan fingerprint density at radius 2 is 1.57 bits per heavy atom. The number of rotatable bonds is 5. The Morgan fingerprint density at radius 1 is 1.00 bits per heavy atom. The molecule has 0 radical (unpaired) electrons.